The fourth-order valence-corrected chi connectivity index (χ4v) is 12.9. The van der Waals surface area contributed by atoms with Crippen molar-refractivity contribution in [1.82, 2.24) is 29.5 Å². The molecule has 1 aliphatic carbocycles. The van der Waals surface area contributed by atoms with Crippen LogP contribution in [0.3, 0.4) is 0 Å². The Kier molecular flexibility index (Phi) is 15.5. The largest absolute Gasteiger partial charge is 0.475 e. The van der Waals surface area contributed by atoms with Crippen molar-refractivity contribution in [3.8, 4) is 17.4 Å². The molecule has 4 aliphatic rings. The molecule has 6 aromatic rings. The first kappa shape index (κ1) is 54.5. The second-order valence-corrected chi connectivity index (χ2v) is 23.9. The Morgan fingerprint density at radius 1 is 0.949 bits per heavy atom. The van der Waals surface area contributed by atoms with Crippen LogP contribution in [0.5, 0.6) is 17.4 Å². The van der Waals surface area contributed by atoms with E-state index in [1.807, 2.05) is 4.72 Å². The Hall–Kier alpha value is -6.81. The Balaban J connectivity index is 0.865. The van der Waals surface area contributed by atoms with E-state index in [1.54, 1.807) is 32.0 Å². The lowest BCUT2D eigenvalue weighted by atomic mass is 9.69. The highest BCUT2D eigenvalue weighted by Crippen LogP contribution is 2.47. The third kappa shape index (κ3) is 11.6. The lowest BCUT2D eigenvalue weighted by Gasteiger charge is -2.59. The minimum Gasteiger partial charge on any atom is -0.475 e. The molecule has 2 atom stereocenters. The van der Waals surface area contributed by atoms with Gasteiger partial charge in [-0.1, -0.05) is 44.2 Å². The molecular formula is C57H66F3N9O8S. The van der Waals surface area contributed by atoms with Gasteiger partial charge >= 0.3 is 5.69 Å². The molecule has 17 nitrogen and oxygen atoms in total. The number of fused-ring (bicyclic) bond motifs is 1. The number of nitro groups is 1. The summed E-state index contributed by atoms with van der Waals surface area (Å²) < 4.78 is 85.2. The van der Waals surface area contributed by atoms with Crippen molar-refractivity contribution in [2.24, 2.45) is 11.3 Å². The number of likely N-dealkylation sites (tertiary alicyclic amines) is 2. The summed E-state index contributed by atoms with van der Waals surface area (Å²) in [5, 5.41) is 25.7. The molecule has 1 saturated carbocycles. The van der Waals surface area contributed by atoms with Crippen LogP contribution in [-0.4, -0.2) is 113 Å². The number of halogens is 3. The van der Waals surface area contributed by atoms with Gasteiger partial charge in [0.05, 0.1) is 34.3 Å². The number of piperidine rings is 2. The van der Waals surface area contributed by atoms with E-state index in [0.717, 1.165) is 69.5 Å². The van der Waals surface area contributed by atoms with Crippen LogP contribution in [0.25, 0.3) is 11.0 Å². The number of ether oxygens (including phenoxy) is 2. The van der Waals surface area contributed by atoms with Gasteiger partial charge in [0, 0.05) is 94.4 Å². The maximum absolute atomic E-state index is 15.0. The van der Waals surface area contributed by atoms with E-state index >= 15 is 0 Å². The van der Waals surface area contributed by atoms with Crippen LogP contribution in [0.2, 0.25) is 0 Å². The number of aromatic amines is 1. The number of sulfonamides is 1. The highest BCUT2D eigenvalue weighted by molar-refractivity contribution is 7.90. The van der Waals surface area contributed by atoms with Crippen molar-refractivity contribution in [2.45, 2.75) is 108 Å². The number of benzene rings is 3. The van der Waals surface area contributed by atoms with Crippen LogP contribution in [0.1, 0.15) is 112 Å². The monoisotopic (exact) mass is 1090 g/mol. The van der Waals surface area contributed by atoms with Gasteiger partial charge in [-0.15, -0.1) is 0 Å². The van der Waals surface area contributed by atoms with E-state index < -0.39 is 54.5 Å². The van der Waals surface area contributed by atoms with Crippen LogP contribution < -0.4 is 24.4 Å². The molecule has 21 heteroatoms. The number of H-pyrrole nitrogens is 1. The summed E-state index contributed by atoms with van der Waals surface area (Å²) in [5.41, 5.74) is 2.77. The lowest BCUT2D eigenvalue weighted by molar-refractivity contribution is -0.384. The first-order valence-electron chi connectivity index (χ1n) is 26.8. The van der Waals surface area contributed by atoms with Crippen molar-refractivity contribution in [2.75, 3.05) is 62.6 Å². The van der Waals surface area contributed by atoms with Gasteiger partial charge in [-0.05, 0) is 117 Å². The van der Waals surface area contributed by atoms with Gasteiger partial charge in [0.1, 0.15) is 22.1 Å². The molecule has 0 bridgehead atoms. The molecule has 3 saturated heterocycles. The maximum atomic E-state index is 15.0. The summed E-state index contributed by atoms with van der Waals surface area (Å²) in [7, 11) is -4.77. The number of aliphatic hydroxyl groups is 1. The average Bonchev–Trinajstić information content (AvgIpc) is 3.93. The molecule has 2 unspecified atom stereocenters. The maximum Gasteiger partial charge on any atom is 0.312 e. The number of nitrogens with one attached hydrogen (secondary N) is 3. The number of carbonyl (C=O) groups is 1. The van der Waals surface area contributed by atoms with E-state index in [-0.39, 0.29) is 69.7 Å². The summed E-state index contributed by atoms with van der Waals surface area (Å²) in [6.45, 7) is 13.8. The fourth-order valence-electron chi connectivity index (χ4n) is 12.0. The van der Waals surface area contributed by atoms with E-state index in [2.05, 4.69) is 73.1 Å². The van der Waals surface area contributed by atoms with Crippen molar-refractivity contribution < 1.29 is 45.9 Å². The smallest absolute Gasteiger partial charge is 0.312 e. The van der Waals surface area contributed by atoms with Crippen molar-refractivity contribution in [3.63, 3.8) is 0 Å². The number of rotatable bonds is 17. The molecular weight excluding hydrogens is 1030 g/mol. The van der Waals surface area contributed by atoms with Crippen LogP contribution in [-0.2, 0) is 16.6 Å². The molecule has 3 aromatic heterocycles. The third-order valence-electron chi connectivity index (χ3n) is 16.4. The van der Waals surface area contributed by atoms with E-state index in [1.165, 1.54) is 35.4 Å². The van der Waals surface area contributed by atoms with Crippen molar-refractivity contribution in [1.29, 1.82) is 0 Å². The van der Waals surface area contributed by atoms with Gasteiger partial charge in [0.2, 0.25) is 5.82 Å². The Labute approximate surface area is 451 Å². The molecule has 414 valence electrons. The number of anilines is 2. The molecule has 1 amide bonds. The predicted molar refractivity (Wildman–Crippen MR) is 289 cm³/mol. The predicted octanol–water partition coefficient (Wildman–Crippen LogP) is 10.0. The van der Waals surface area contributed by atoms with Gasteiger partial charge in [0.15, 0.2) is 17.4 Å². The Morgan fingerprint density at radius 3 is 2.42 bits per heavy atom. The molecule has 3 aliphatic heterocycles. The molecule has 6 heterocycles. The Bertz CT molecular complexity index is 3320. The van der Waals surface area contributed by atoms with Gasteiger partial charge < -0.3 is 29.8 Å². The number of hydrogen-bond donors (Lipinski definition) is 4. The number of pyridine rings is 2. The quantitative estimate of drug-likeness (QED) is 0.0495. The second-order valence-electron chi connectivity index (χ2n) is 22.2. The number of aromatic nitrogens is 3. The topological polar surface area (TPSA) is 208 Å². The van der Waals surface area contributed by atoms with Crippen molar-refractivity contribution in [3.05, 3.63) is 135 Å². The zero-order valence-corrected chi connectivity index (χ0v) is 45.1. The summed E-state index contributed by atoms with van der Waals surface area (Å²) >= 11 is 0. The van der Waals surface area contributed by atoms with Gasteiger partial charge in [-0.25, -0.2) is 31.3 Å². The van der Waals surface area contributed by atoms with Crippen LogP contribution >= 0.6 is 0 Å². The Morgan fingerprint density at radius 2 is 1.71 bits per heavy atom. The molecule has 0 radical (unpaired) electrons. The normalized spacial score (nSPS) is 21.9. The van der Waals surface area contributed by atoms with Crippen LogP contribution in [0, 0.1) is 38.9 Å². The highest BCUT2D eigenvalue weighted by atomic mass is 32.2. The van der Waals surface area contributed by atoms with E-state index in [4.69, 9.17) is 9.47 Å². The molecule has 3 aromatic carbocycles. The second kappa shape index (κ2) is 22.1. The minimum absolute atomic E-state index is 0.00278. The van der Waals surface area contributed by atoms with Gasteiger partial charge in [0.25, 0.3) is 21.8 Å². The van der Waals surface area contributed by atoms with E-state index in [9.17, 15) is 41.6 Å². The number of carbonyl (C=O) groups excluding carboxylic acids is 1. The van der Waals surface area contributed by atoms with Gasteiger partial charge in [-0.3, -0.25) is 24.7 Å². The summed E-state index contributed by atoms with van der Waals surface area (Å²) in [4.78, 5) is 43.6. The molecule has 10 rings (SSSR count). The lowest BCUT2D eigenvalue weighted by Crippen LogP contribution is -2.65. The zero-order valence-electron chi connectivity index (χ0n) is 44.2. The SMILES string of the molecule is CCOc1nc2[nH]cc(F)c2cc1Oc1cc(N2CCC3(CC2)CN(C2CCN(Cc4ccc(F)c(F)c4)CC2c2ccccc2C(C)C)C3)ccc1C(=O)NS(=O)(=O)c1cnc(NCC2CCC(C)(O)CC2)c([N+](=O)[O-])c1. The number of amides is 1. The summed E-state index contributed by atoms with van der Waals surface area (Å²) in [6.07, 6.45) is 7.32. The average molecular weight is 1090 g/mol. The third-order valence-corrected chi connectivity index (χ3v) is 17.7. The first-order valence-corrected chi connectivity index (χ1v) is 28.3. The number of nitrogens with zero attached hydrogens (tertiary/aromatic N) is 6. The number of hydrogen-bond acceptors (Lipinski definition) is 14. The fraction of sp³-hybridized carbons (Fsp3) is 0.456. The molecule has 1 spiro atoms. The summed E-state index contributed by atoms with van der Waals surface area (Å²) in [5.74, 6) is -3.01. The molecule has 4 N–H and O–H groups in total. The molecule has 4 fully saturated rings. The van der Waals surface area contributed by atoms with Gasteiger partial charge in [-0.2, -0.15) is 4.98 Å². The standard InChI is InChI=1S/C57H66F3N9O8S/c1-5-76-55-51(27-43-47(60)30-63-52(43)64-55)77-50-25-38(11-12-42(50)54(70)65-78(74,75)39-26-49(69(72)73)53(62-29-39)61-28-36-14-17-56(4,71)18-15-36)67-22-19-57(20-23-67)33-68(34-57)48-16-21-66(31-37-10-13-45(58)46(59)24-37)32-44(48)41-9-7-6-8-40(41)35(2)3/h6-13,24-27,29-30,35-36,44,48,71H,5,14-23,28,31-34H2,1-4H3,(H,61,62)(H,63,64)(H,65,70). The zero-order chi connectivity index (χ0) is 55.1. The van der Waals surface area contributed by atoms with Crippen LogP contribution in [0.15, 0.2) is 90.1 Å². The first-order chi connectivity index (χ1) is 37.3. The van der Waals surface area contributed by atoms with Crippen LogP contribution in [0.4, 0.5) is 30.4 Å². The van der Waals surface area contributed by atoms with E-state index in [0.29, 0.717) is 63.5 Å². The van der Waals surface area contributed by atoms with Crippen molar-refractivity contribution >= 4 is 44.2 Å². The minimum atomic E-state index is -4.77. The molecule has 78 heavy (non-hydrogen) atoms. The highest BCUT2D eigenvalue weighted by Gasteiger charge is 2.50. The summed E-state index contributed by atoms with van der Waals surface area (Å²) in [6, 6.07) is 20.1.